The van der Waals surface area contributed by atoms with Crippen LogP contribution in [-0.4, -0.2) is 0 Å². The van der Waals surface area contributed by atoms with E-state index in [1.807, 2.05) is 11.3 Å². The minimum atomic E-state index is -0.457. The van der Waals surface area contributed by atoms with Crippen LogP contribution in [0.3, 0.4) is 0 Å². The van der Waals surface area contributed by atoms with Gasteiger partial charge in [-0.2, -0.15) is 0 Å². The summed E-state index contributed by atoms with van der Waals surface area (Å²) in [6, 6.07) is 58.7. The first kappa shape index (κ1) is 25.5. The minimum absolute atomic E-state index is 0.0128. The molecule has 3 heteroatoms. The summed E-state index contributed by atoms with van der Waals surface area (Å²) >= 11 is 1.91. The molecule has 0 fully saturated rings. The molecule has 2 aliphatic heterocycles. The zero-order valence-corrected chi connectivity index (χ0v) is 26.3. The largest absolute Gasteiger partial charge is 0.359 e. The van der Waals surface area contributed by atoms with Gasteiger partial charge in [-0.15, -0.1) is 11.3 Å². The number of para-hydroxylation sites is 2. The van der Waals surface area contributed by atoms with Gasteiger partial charge in [0.25, 0.3) is 0 Å². The van der Waals surface area contributed by atoms with Crippen molar-refractivity contribution in [2.24, 2.45) is 0 Å². The molecule has 0 saturated heterocycles. The van der Waals surface area contributed by atoms with Crippen molar-refractivity contribution in [1.82, 2.24) is 0 Å². The van der Waals surface area contributed by atoms with Gasteiger partial charge in [-0.3, -0.25) is 0 Å². The summed E-state index contributed by atoms with van der Waals surface area (Å²) in [5.74, 6) is 0. The molecule has 0 bridgehead atoms. The summed E-state index contributed by atoms with van der Waals surface area (Å²) in [6.07, 6.45) is 0.0128. The van der Waals surface area contributed by atoms with E-state index in [9.17, 15) is 0 Å². The van der Waals surface area contributed by atoms with Crippen LogP contribution < -0.4 is 10.2 Å². The number of nitrogens with zero attached hydrogens (tertiary/aromatic N) is 1. The van der Waals surface area contributed by atoms with E-state index in [4.69, 9.17) is 0 Å². The molecule has 0 amide bonds. The third-order valence-electron chi connectivity index (χ3n) is 10.7. The van der Waals surface area contributed by atoms with Gasteiger partial charge in [0.2, 0.25) is 0 Å². The standard InChI is InChI=1S/C44H28N2S/c1-2-13-27(14-3-1)43-45-37-24-12-23-36-41(37)46(43)38-25-8-7-21-34(38)44(36)33-20-6-4-16-32(33)40-29(17-11-22-35(40)44)31-19-10-18-30-28-15-5-9-26-39(28)47-42(30)31/h1-26,43,45H. The van der Waals surface area contributed by atoms with Crippen LogP contribution in [0.2, 0.25) is 0 Å². The van der Waals surface area contributed by atoms with Gasteiger partial charge in [0.1, 0.15) is 6.17 Å². The number of benzene rings is 7. The van der Waals surface area contributed by atoms with Crippen molar-refractivity contribution in [2.75, 3.05) is 10.2 Å². The van der Waals surface area contributed by atoms with Crippen molar-refractivity contribution in [3.8, 4) is 22.3 Å². The lowest BCUT2D eigenvalue weighted by molar-refractivity contribution is 0.720. The van der Waals surface area contributed by atoms with Crippen molar-refractivity contribution < 1.29 is 0 Å². The third-order valence-corrected chi connectivity index (χ3v) is 11.9. The van der Waals surface area contributed by atoms with Gasteiger partial charge >= 0.3 is 0 Å². The number of anilines is 3. The zero-order valence-electron chi connectivity index (χ0n) is 25.4. The average Bonchev–Trinajstić information content (AvgIpc) is 3.81. The highest BCUT2D eigenvalue weighted by molar-refractivity contribution is 7.26. The van der Waals surface area contributed by atoms with Crippen molar-refractivity contribution in [2.45, 2.75) is 11.6 Å². The molecule has 2 nitrogen and oxygen atoms in total. The number of hydrogen-bond donors (Lipinski definition) is 1. The van der Waals surface area contributed by atoms with Gasteiger partial charge in [0, 0.05) is 31.4 Å². The molecule has 1 spiro atoms. The Labute approximate surface area is 277 Å². The lowest BCUT2D eigenvalue weighted by Crippen LogP contribution is -2.37. The highest BCUT2D eigenvalue weighted by Gasteiger charge is 2.54. The normalized spacial score (nSPS) is 18.2. The fourth-order valence-corrected chi connectivity index (χ4v) is 10.2. The van der Waals surface area contributed by atoms with Gasteiger partial charge in [-0.25, -0.2) is 0 Å². The first-order chi connectivity index (χ1) is 23.3. The van der Waals surface area contributed by atoms with E-state index in [1.165, 1.54) is 87.3 Å². The van der Waals surface area contributed by atoms with E-state index in [0.29, 0.717) is 0 Å². The molecule has 220 valence electrons. The fraction of sp³-hybridized carbons (Fsp3) is 0.0455. The number of hydrogen-bond acceptors (Lipinski definition) is 3. The molecular formula is C44H28N2S. The van der Waals surface area contributed by atoms with Crippen LogP contribution in [0, 0.1) is 0 Å². The molecule has 0 radical (unpaired) electrons. The van der Waals surface area contributed by atoms with Crippen LogP contribution in [-0.2, 0) is 5.41 Å². The van der Waals surface area contributed by atoms with Gasteiger partial charge in [-0.05, 0) is 62.7 Å². The molecule has 1 aliphatic carbocycles. The lowest BCUT2D eigenvalue weighted by Gasteiger charge is -2.44. The maximum atomic E-state index is 3.93. The predicted molar refractivity (Wildman–Crippen MR) is 197 cm³/mol. The second-order valence-corrected chi connectivity index (χ2v) is 13.9. The third kappa shape index (κ3) is 3.15. The Morgan fingerprint density at radius 3 is 2.11 bits per heavy atom. The molecule has 3 aliphatic rings. The molecule has 1 N–H and O–H groups in total. The van der Waals surface area contributed by atoms with E-state index in [-0.39, 0.29) is 6.17 Å². The number of nitrogens with one attached hydrogen (secondary N) is 1. The quantitative estimate of drug-likeness (QED) is 0.208. The van der Waals surface area contributed by atoms with Crippen LogP contribution in [0.1, 0.15) is 34.0 Å². The number of fused-ring (bicyclic) bond motifs is 12. The molecular weight excluding hydrogens is 589 g/mol. The van der Waals surface area contributed by atoms with E-state index in [1.54, 1.807) is 0 Å². The SMILES string of the molecule is c1ccc(C2Nc3cccc4c3N2c2ccccc2C42c3ccccc3-c3c(-c4cccc5c4sc4ccccc45)cccc32)cc1. The van der Waals surface area contributed by atoms with E-state index in [2.05, 4.69) is 168 Å². The highest BCUT2D eigenvalue weighted by atomic mass is 32.1. The number of thiophene rings is 1. The van der Waals surface area contributed by atoms with Crippen LogP contribution >= 0.6 is 11.3 Å². The Morgan fingerprint density at radius 2 is 1.17 bits per heavy atom. The summed E-state index contributed by atoms with van der Waals surface area (Å²) in [4.78, 5) is 2.54. The predicted octanol–water partition coefficient (Wildman–Crippen LogP) is 11.7. The zero-order chi connectivity index (χ0) is 30.7. The van der Waals surface area contributed by atoms with E-state index >= 15 is 0 Å². The first-order valence-electron chi connectivity index (χ1n) is 16.3. The molecule has 1 aromatic heterocycles. The monoisotopic (exact) mass is 616 g/mol. The van der Waals surface area contributed by atoms with Crippen LogP contribution in [0.25, 0.3) is 42.4 Å². The second kappa shape index (κ2) is 9.22. The molecule has 8 aromatic rings. The van der Waals surface area contributed by atoms with E-state index in [0.717, 1.165) is 0 Å². The Hall–Kier alpha value is -5.64. The van der Waals surface area contributed by atoms with E-state index < -0.39 is 5.41 Å². The van der Waals surface area contributed by atoms with Gasteiger partial charge in [-0.1, -0.05) is 140 Å². The van der Waals surface area contributed by atoms with Crippen molar-refractivity contribution in [1.29, 1.82) is 0 Å². The molecule has 2 unspecified atom stereocenters. The van der Waals surface area contributed by atoms with Crippen LogP contribution in [0.5, 0.6) is 0 Å². The molecule has 2 atom stereocenters. The minimum Gasteiger partial charge on any atom is -0.359 e. The first-order valence-corrected chi connectivity index (χ1v) is 17.1. The van der Waals surface area contributed by atoms with Crippen LogP contribution in [0.4, 0.5) is 17.1 Å². The summed E-state index contributed by atoms with van der Waals surface area (Å²) in [5.41, 5.74) is 15.2. The Balaban J connectivity index is 1.25. The Bertz CT molecular complexity index is 2580. The van der Waals surface area contributed by atoms with Crippen molar-refractivity contribution in [3.63, 3.8) is 0 Å². The molecule has 47 heavy (non-hydrogen) atoms. The lowest BCUT2D eigenvalue weighted by atomic mass is 9.64. The topological polar surface area (TPSA) is 15.3 Å². The fourth-order valence-electron chi connectivity index (χ4n) is 8.93. The van der Waals surface area contributed by atoms with Gasteiger partial charge in [0.15, 0.2) is 0 Å². The number of rotatable bonds is 2. The summed E-state index contributed by atoms with van der Waals surface area (Å²) < 4.78 is 2.69. The molecule has 11 rings (SSSR count). The smallest absolute Gasteiger partial charge is 0.130 e. The van der Waals surface area contributed by atoms with Crippen LogP contribution in [0.15, 0.2) is 158 Å². The molecule has 7 aromatic carbocycles. The molecule has 0 saturated carbocycles. The summed E-state index contributed by atoms with van der Waals surface area (Å²) in [5, 5.41) is 6.59. The Morgan fingerprint density at radius 1 is 0.511 bits per heavy atom. The van der Waals surface area contributed by atoms with Gasteiger partial charge < -0.3 is 10.2 Å². The second-order valence-electron chi connectivity index (χ2n) is 12.9. The Kier molecular flexibility index (Phi) is 5.01. The highest BCUT2D eigenvalue weighted by Crippen LogP contribution is 2.67. The molecule has 3 heterocycles. The summed E-state index contributed by atoms with van der Waals surface area (Å²) in [6.45, 7) is 0. The summed E-state index contributed by atoms with van der Waals surface area (Å²) in [7, 11) is 0. The van der Waals surface area contributed by atoms with Gasteiger partial charge in [0.05, 0.1) is 16.8 Å². The average molecular weight is 617 g/mol. The van der Waals surface area contributed by atoms with Crippen molar-refractivity contribution in [3.05, 3.63) is 186 Å². The maximum absolute atomic E-state index is 3.93. The maximum Gasteiger partial charge on any atom is 0.130 e. The van der Waals surface area contributed by atoms with Crippen molar-refractivity contribution >= 4 is 48.6 Å².